The maximum atomic E-state index is 12.7. The molecule has 0 bridgehead atoms. The zero-order valence-corrected chi connectivity index (χ0v) is 17.2. The quantitative estimate of drug-likeness (QED) is 0.668. The van der Waals surface area contributed by atoms with Gasteiger partial charge in [0, 0.05) is 16.1 Å². The van der Waals surface area contributed by atoms with Crippen molar-refractivity contribution < 1.29 is 14.3 Å². The molecule has 0 saturated heterocycles. The standard InChI is InChI=1S/C23H19BrN2O3/c24-18-8-7-15-5-6-17(20(15)12-18)11-21(27)29-22(23(28)26-19-9-10-19)16-3-1-14(13-25)2-4-16/h1-4,6-8,12,19,22H,5,9-11H2,(H,26,28). The number of nitrogens with one attached hydrogen (secondary N) is 1. The number of rotatable bonds is 6. The number of fused-ring (bicyclic) bond motifs is 1. The molecule has 1 atom stereocenters. The van der Waals surface area contributed by atoms with E-state index in [0.29, 0.717) is 11.1 Å². The molecule has 5 nitrogen and oxygen atoms in total. The van der Waals surface area contributed by atoms with E-state index in [9.17, 15) is 9.59 Å². The predicted molar refractivity (Wildman–Crippen MR) is 112 cm³/mol. The van der Waals surface area contributed by atoms with E-state index in [1.165, 1.54) is 5.56 Å². The lowest BCUT2D eigenvalue weighted by Crippen LogP contribution is -2.33. The monoisotopic (exact) mass is 450 g/mol. The van der Waals surface area contributed by atoms with E-state index in [4.69, 9.17) is 10.00 Å². The van der Waals surface area contributed by atoms with Gasteiger partial charge in [-0.25, -0.2) is 0 Å². The maximum Gasteiger partial charge on any atom is 0.311 e. The van der Waals surface area contributed by atoms with Crippen LogP contribution in [0.25, 0.3) is 5.57 Å². The third kappa shape index (κ3) is 4.57. The average Bonchev–Trinajstić information content (AvgIpc) is 3.46. The van der Waals surface area contributed by atoms with E-state index in [1.807, 2.05) is 30.3 Å². The normalized spacial score (nSPS) is 15.7. The van der Waals surface area contributed by atoms with Crippen LogP contribution in [0.3, 0.4) is 0 Å². The Hall–Kier alpha value is -2.91. The van der Waals surface area contributed by atoms with Crippen LogP contribution in [0.5, 0.6) is 0 Å². The van der Waals surface area contributed by atoms with Crippen molar-refractivity contribution in [1.82, 2.24) is 5.32 Å². The molecule has 29 heavy (non-hydrogen) atoms. The summed E-state index contributed by atoms with van der Waals surface area (Å²) >= 11 is 3.47. The molecule has 0 aromatic heterocycles. The van der Waals surface area contributed by atoms with Gasteiger partial charge in [0.05, 0.1) is 18.1 Å². The summed E-state index contributed by atoms with van der Waals surface area (Å²) in [4.78, 5) is 25.4. The Morgan fingerprint density at radius 2 is 1.97 bits per heavy atom. The van der Waals surface area contributed by atoms with E-state index in [0.717, 1.165) is 34.9 Å². The van der Waals surface area contributed by atoms with Crippen LogP contribution in [0.1, 0.15) is 47.6 Å². The average molecular weight is 451 g/mol. The topological polar surface area (TPSA) is 79.2 Å². The van der Waals surface area contributed by atoms with Crippen molar-refractivity contribution in [2.75, 3.05) is 0 Å². The number of allylic oxidation sites excluding steroid dienone is 1. The molecule has 0 aliphatic heterocycles. The van der Waals surface area contributed by atoms with Gasteiger partial charge in [-0.15, -0.1) is 0 Å². The molecule has 2 aliphatic rings. The van der Waals surface area contributed by atoms with Crippen LogP contribution in [0, 0.1) is 11.3 Å². The molecule has 6 heteroatoms. The molecule has 1 amide bonds. The van der Waals surface area contributed by atoms with E-state index in [-0.39, 0.29) is 18.4 Å². The number of carbonyl (C=O) groups excluding carboxylic acids is 2. The minimum Gasteiger partial charge on any atom is -0.447 e. The third-order valence-corrected chi connectivity index (χ3v) is 5.57. The van der Waals surface area contributed by atoms with Gasteiger partial charge in [0.25, 0.3) is 5.91 Å². The minimum absolute atomic E-state index is 0.104. The van der Waals surface area contributed by atoms with Crippen LogP contribution in [-0.2, 0) is 20.7 Å². The lowest BCUT2D eigenvalue weighted by molar-refractivity contribution is -0.155. The van der Waals surface area contributed by atoms with Crippen LogP contribution in [0.2, 0.25) is 0 Å². The second-order valence-electron chi connectivity index (χ2n) is 7.30. The predicted octanol–water partition coefficient (Wildman–Crippen LogP) is 4.21. The highest BCUT2D eigenvalue weighted by molar-refractivity contribution is 9.10. The van der Waals surface area contributed by atoms with Crippen LogP contribution in [0.4, 0.5) is 0 Å². The fourth-order valence-corrected chi connectivity index (χ4v) is 3.74. The lowest BCUT2D eigenvalue weighted by Gasteiger charge is -2.18. The molecule has 0 heterocycles. The molecule has 2 aliphatic carbocycles. The first-order valence-electron chi connectivity index (χ1n) is 9.51. The highest BCUT2D eigenvalue weighted by Crippen LogP contribution is 2.33. The van der Waals surface area contributed by atoms with Crippen molar-refractivity contribution in [3.63, 3.8) is 0 Å². The molecular formula is C23H19BrN2O3. The van der Waals surface area contributed by atoms with Crippen LogP contribution < -0.4 is 5.32 Å². The van der Waals surface area contributed by atoms with E-state index in [2.05, 4.69) is 21.2 Å². The van der Waals surface area contributed by atoms with Crippen molar-refractivity contribution in [3.8, 4) is 6.07 Å². The first kappa shape index (κ1) is 19.4. The summed E-state index contributed by atoms with van der Waals surface area (Å²) in [6, 6.07) is 14.8. The Balaban J connectivity index is 1.50. The second-order valence-corrected chi connectivity index (χ2v) is 8.21. The Morgan fingerprint density at radius 3 is 2.66 bits per heavy atom. The number of ether oxygens (including phenoxy) is 1. The minimum atomic E-state index is -1.03. The molecule has 4 rings (SSSR count). The molecule has 1 saturated carbocycles. The summed E-state index contributed by atoms with van der Waals surface area (Å²) in [5.74, 6) is -0.779. The van der Waals surface area contributed by atoms with Crippen molar-refractivity contribution in [2.45, 2.75) is 37.8 Å². The number of nitrogens with zero attached hydrogens (tertiary/aromatic N) is 1. The highest BCUT2D eigenvalue weighted by Gasteiger charge is 2.31. The van der Waals surface area contributed by atoms with Crippen molar-refractivity contribution in [2.24, 2.45) is 0 Å². The van der Waals surface area contributed by atoms with Gasteiger partial charge in [-0.1, -0.05) is 40.2 Å². The molecule has 1 unspecified atom stereocenters. The molecule has 2 aromatic rings. The van der Waals surface area contributed by atoms with E-state index < -0.39 is 12.1 Å². The largest absolute Gasteiger partial charge is 0.447 e. The van der Waals surface area contributed by atoms with Crippen LogP contribution >= 0.6 is 15.9 Å². The molecule has 2 aromatic carbocycles. The van der Waals surface area contributed by atoms with E-state index in [1.54, 1.807) is 24.3 Å². The zero-order chi connectivity index (χ0) is 20.4. The van der Waals surface area contributed by atoms with Crippen molar-refractivity contribution >= 4 is 33.4 Å². The summed E-state index contributed by atoms with van der Waals surface area (Å²) in [7, 11) is 0. The summed E-state index contributed by atoms with van der Waals surface area (Å²) in [6.45, 7) is 0. The van der Waals surface area contributed by atoms with Gasteiger partial charge in [0.15, 0.2) is 0 Å². The number of benzene rings is 2. The molecular weight excluding hydrogens is 432 g/mol. The summed E-state index contributed by atoms with van der Waals surface area (Å²) in [5, 5.41) is 11.9. The number of carbonyl (C=O) groups is 2. The van der Waals surface area contributed by atoms with E-state index >= 15 is 0 Å². The molecule has 1 N–H and O–H groups in total. The highest BCUT2D eigenvalue weighted by atomic mass is 79.9. The van der Waals surface area contributed by atoms with Crippen molar-refractivity contribution in [1.29, 1.82) is 5.26 Å². The van der Waals surface area contributed by atoms with Gasteiger partial charge >= 0.3 is 5.97 Å². The molecule has 0 spiro atoms. The van der Waals surface area contributed by atoms with Gasteiger partial charge in [0.1, 0.15) is 0 Å². The number of halogens is 1. The fourth-order valence-electron chi connectivity index (χ4n) is 3.37. The SMILES string of the molecule is N#Cc1ccc(C(OC(=O)CC2=CCc3ccc(Br)cc32)C(=O)NC2CC2)cc1. The Kier molecular flexibility index (Phi) is 5.50. The molecule has 0 radical (unpaired) electrons. The third-order valence-electron chi connectivity index (χ3n) is 5.07. The lowest BCUT2D eigenvalue weighted by atomic mass is 10.0. The second kappa shape index (κ2) is 8.22. The fraction of sp³-hybridized carbons (Fsp3) is 0.261. The first-order chi connectivity index (χ1) is 14.0. The Labute approximate surface area is 177 Å². The van der Waals surface area contributed by atoms with Crippen molar-refractivity contribution in [3.05, 3.63) is 75.3 Å². The first-order valence-corrected chi connectivity index (χ1v) is 10.3. The summed E-state index contributed by atoms with van der Waals surface area (Å²) in [5.41, 5.74) is 4.16. The molecule has 146 valence electrons. The smallest absolute Gasteiger partial charge is 0.311 e. The van der Waals surface area contributed by atoms with Gasteiger partial charge in [-0.3, -0.25) is 9.59 Å². The number of nitriles is 1. The Morgan fingerprint density at radius 1 is 1.21 bits per heavy atom. The van der Waals surface area contributed by atoms with Gasteiger partial charge in [0.2, 0.25) is 6.10 Å². The summed E-state index contributed by atoms with van der Waals surface area (Å²) in [6.07, 6.45) is 3.77. The number of hydrogen-bond acceptors (Lipinski definition) is 4. The number of esters is 1. The number of hydrogen-bond donors (Lipinski definition) is 1. The maximum absolute atomic E-state index is 12.7. The Bertz CT molecular complexity index is 1030. The number of amides is 1. The van der Waals surface area contributed by atoms with Crippen LogP contribution in [0.15, 0.2) is 53.0 Å². The van der Waals surface area contributed by atoms with Gasteiger partial charge in [-0.05, 0) is 60.2 Å². The zero-order valence-electron chi connectivity index (χ0n) is 15.7. The summed E-state index contributed by atoms with van der Waals surface area (Å²) < 4.78 is 6.58. The van der Waals surface area contributed by atoms with Gasteiger partial charge < -0.3 is 10.1 Å². The molecule has 1 fully saturated rings. The van der Waals surface area contributed by atoms with Crippen LogP contribution in [-0.4, -0.2) is 17.9 Å². The van der Waals surface area contributed by atoms with Gasteiger partial charge in [-0.2, -0.15) is 5.26 Å².